The van der Waals surface area contributed by atoms with E-state index in [2.05, 4.69) is 6.07 Å². The molecule has 2 aromatic rings. The van der Waals surface area contributed by atoms with Crippen molar-refractivity contribution in [2.45, 2.75) is 18.1 Å². The van der Waals surface area contributed by atoms with Gasteiger partial charge in [0.15, 0.2) is 28.7 Å². The van der Waals surface area contributed by atoms with Crippen LogP contribution in [0.3, 0.4) is 0 Å². The van der Waals surface area contributed by atoms with Gasteiger partial charge in [0.1, 0.15) is 0 Å². The van der Waals surface area contributed by atoms with Crippen molar-refractivity contribution in [2.24, 2.45) is 0 Å². The molecule has 0 aromatic heterocycles. The number of rotatable bonds is 7. The molecule has 10 heteroatoms. The molecule has 1 N–H and O–H groups in total. The summed E-state index contributed by atoms with van der Waals surface area (Å²) >= 11 is 1.27. The number of fused-ring (bicyclic) bond motifs is 1. The number of benzene rings is 2. The van der Waals surface area contributed by atoms with Crippen molar-refractivity contribution in [1.82, 2.24) is 4.90 Å². The Balaban J connectivity index is 1.81. The molecule has 2 heterocycles. The summed E-state index contributed by atoms with van der Waals surface area (Å²) in [5.41, 5.74) is -0.104. The molecule has 9 nitrogen and oxygen atoms in total. The van der Waals surface area contributed by atoms with E-state index in [0.717, 1.165) is 0 Å². The van der Waals surface area contributed by atoms with Crippen molar-refractivity contribution < 1.29 is 33.6 Å². The average Bonchev–Trinajstić information content (AvgIpc) is 3.26. The van der Waals surface area contributed by atoms with Gasteiger partial charge >= 0.3 is 0 Å². The van der Waals surface area contributed by atoms with E-state index in [1.54, 1.807) is 30.3 Å². The van der Waals surface area contributed by atoms with Crippen LogP contribution in [0.2, 0.25) is 0 Å². The normalized spacial score (nSPS) is 21.3. The number of aliphatic hydroxyl groups is 1. The molecule has 184 valence electrons. The zero-order chi connectivity index (χ0) is 25.3. The van der Waals surface area contributed by atoms with Gasteiger partial charge in [-0.15, -0.1) is 11.8 Å². The fourth-order valence-corrected chi connectivity index (χ4v) is 5.87. The van der Waals surface area contributed by atoms with Gasteiger partial charge in [0.25, 0.3) is 0 Å². The van der Waals surface area contributed by atoms with Crippen LogP contribution >= 0.6 is 11.8 Å². The van der Waals surface area contributed by atoms with Crippen molar-refractivity contribution in [1.29, 1.82) is 5.26 Å². The Morgan fingerprint density at radius 3 is 2.14 bits per heavy atom. The highest BCUT2D eigenvalue weighted by atomic mass is 32.2. The van der Waals surface area contributed by atoms with Gasteiger partial charge in [0.05, 0.1) is 58.0 Å². The minimum absolute atomic E-state index is 0.0127. The first-order valence-electron chi connectivity index (χ1n) is 10.7. The van der Waals surface area contributed by atoms with Crippen molar-refractivity contribution in [3.8, 4) is 34.8 Å². The van der Waals surface area contributed by atoms with Crippen LogP contribution in [-0.2, 0) is 10.5 Å². The van der Waals surface area contributed by atoms with E-state index in [9.17, 15) is 15.2 Å². The third kappa shape index (κ3) is 3.90. The molecule has 0 radical (unpaired) electrons. The predicted octanol–water partition coefficient (Wildman–Crippen LogP) is 3.37. The van der Waals surface area contributed by atoms with E-state index in [1.165, 1.54) is 52.2 Å². The molecule has 0 unspecified atom stereocenters. The number of amides is 1. The van der Waals surface area contributed by atoms with Gasteiger partial charge in [0.2, 0.25) is 11.7 Å². The van der Waals surface area contributed by atoms with Crippen molar-refractivity contribution in [3.05, 3.63) is 52.1 Å². The second kappa shape index (κ2) is 9.60. The SMILES string of the molecule is COc1ccc([C@@]2(O)CSC3=C(C#N)[C@@H](c4cc(OC)c(OC)c(OC)c4)CC(=O)N32)cc1OC. The zero-order valence-corrected chi connectivity index (χ0v) is 20.9. The molecule has 2 aliphatic heterocycles. The molecule has 2 atom stereocenters. The van der Waals surface area contributed by atoms with Crippen LogP contribution in [0.4, 0.5) is 0 Å². The van der Waals surface area contributed by atoms with E-state index in [-0.39, 0.29) is 18.1 Å². The molecule has 35 heavy (non-hydrogen) atoms. The Morgan fingerprint density at radius 2 is 1.60 bits per heavy atom. The van der Waals surface area contributed by atoms with Crippen molar-refractivity contribution >= 4 is 17.7 Å². The Hall–Kier alpha value is -3.55. The average molecular weight is 499 g/mol. The quantitative estimate of drug-likeness (QED) is 0.614. The fraction of sp³-hybridized carbons (Fsp3) is 0.360. The third-order valence-corrected chi connectivity index (χ3v) is 7.47. The maximum atomic E-state index is 13.5. The van der Waals surface area contributed by atoms with E-state index in [1.807, 2.05) is 0 Å². The molecule has 2 aromatic carbocycles. The first-order valence-corrected chi connectivity index (χ1v) is 11.7. The van der Waals surface area contributed by atoms with Crippen LogP contribution in [0, 0.1) is 11.3 Å². The molecular formula is C25H26N2O7S. The maximum absolute atomic E-state index is 13.5. The molecule has 0 aliphatic carbocycles. The highest BCUT2D eigenvalue weighted by molar-refractivity contribution is 8.03. The smallest absolute Gasteiger partial charge is 0.231 e. The van der Waals surface area contributed by atoms with Crippen LogP contribution in [-0.4, -0.2) is 57.2 Å². The third-order valence-electron chi connectivity index (χ3n) is 6.25. The lowest BCUT2D eigenvalue weighted by Crippen LogP contribution is -2.48. The van der Waals surface area contributed by atoms with E-state index < -0.39 is 11.6 Å². The first-order chi connectivity index (χ1) is 16.9. The summed E-state index contributed by atoms with van der Waals surface area (Å²) in [6, 6.07) is 10.8. The van der Waals surface area contributed by atoms with Crippen LogP contribution in [0.1, 0.15) is 23.5 Å². The Labute approximate surface area is 207 Å². The first kappa shape index (κ1) is 24.6. The molecule has 1 saturated heterocycles. The standard InChI is InChI=1S/C25H26N2O7S/c1-30-18-7-6-15(10-19(18)31-2)25(29)13-35-24-17(12-26)16(11-22(28)27(24)25)14-8-20(32-3)23(34-5)21(9-14)33-4/h6-10,16,29H,11,13H2,1-5H3/t16-,25+/m1/s1. The van der Waals surface area contributed by atoms with Gasteiger partial charge in [0, 0.05) is 17.9 Å². The zero-order valence-electron chi connectivity index (χ0n) is 20.1. The highest BCUT2D eigenvalue weighted by Gasteiger charge is 2.52. The number of hydrogen-bond donors (Lipinski definition) is 1. The molecule has 1 fully saturated rings. The summed E-state index contributed by atoms with van der Waals surface area (Å²) in [5, 5.41) is 22.3. The highest BCUT2D eigenvalue weighted by Crippen LogP contribution is 2.53. The summed E-state index contributed by atoms with van der Waals surface area (Å²) in [4.78, 5) is 14.8. The topological polar surface area (TPSA) is 110 Å². The van der Waals surface area contributed by atoms with E-state index in [4.69, 9.17) is 23.7 Å². The van der Waals surface area contributed by atoms with Crippen LogP contribution < -0.4 is 23.7 Å². The van der Waals surface area contributed by atoms with Crippen molar-refractivity contribution in [2.75, 3.05) is 41.3 Å². The number of methoxy groups -OCH3 is 5. The van der Waals surface area contributed by atoms with Crippen LogP contribution in [0.25, 0.3) is 0 Å². The molecule has 1 amide bonds. The van der Waals surface area contributed by atoms with Gasteiger partial charge in [-0.2, -0.15) is 5.26 Å². The number of nitrogens with zero attached hydrogens (tertiary/aromatic N) is 2. The number of nitriles is 1. The molecule has 0 saturated carbocycles. The maximum Gasteiger partial charge on any atom is 0.231 e. The van der Waals surface area contributed by atoms with Crippen LogP contribution in [0.5, 0.6) is 28.7 Å². The van der Waals surface area contributed by atoms with Gasteiger partial charge in [-0.1, -0.05) is 6.07 Å². The molecular weight excluding hydrogens is 472 g/mol. The summed E-state index contributed by atoms with van der Waals surface area (Å²) in [7, 11) is 7.55. The predicted molar refractivity (Wildman–Crippen MR) is 129 cm³/mol. The summed E-state index contributed by atoms with van der Waals surface area (Å²) in [5.74, 6) is 1.54. The number of carbonyl (C=O) groups is 1. The number of carbonyl (C=O) groups excluding carboxylic acids is 1. The fourth-order valence-electron chi connectivity index (χ4n) is 4.51. The minimum Gasteiger partial charge on any atom is -0.493 e. The molecule has 0 bridgehead atoms. The van der Waals surface area contributed by atoms with Gasteiger partial charge in [-0.3, -0.25) is 9.69 Å². The van der Waals surface area contributed by atoms with Gasteiger partial charge < -0.3 is 28.8 Å². The molecule has 2 aliphatic rings. The molecule has 0 spiro atoms. The Morgan fingerprint density at radius 1 is 0.971 bits per heavy atom. The molecule has 4 rings (SSSR count). The number of thioether (sulfide) groups is 1. The number of hydrogen-bond acceptors (Lipinski definition) is 9. The summed E-state index contributed by atoms with van der Waals surface area (Å²) in [6.45, 7) is 0. The minimum atomic E-state index is -1.64. The van der Waals surface area contributed by atoms with Gasteiger partial charge in [-0.05, 0) is 29.8 Å². The second-order valence-electron chi connectivity index (χ2n) is 7.95. The lowest BCUT2D eigenvalue weighted by atomic mass is 9.85. The lowest BCUT2D eigenvalue weighted by Gasteiger charge is -2.38. The number of ether oxygens (including phenoxy) is 5. The van der Waals surface area contributed by atoms with E-state index in [0.29, 0.717) is 50.5 Å². The Bertz CT molecular complexity index is 1210. The monoisotopic (exact) mass is 498 g/mol. The second-order valence-corrected chi connectivity index (χ2v) is 8.91. The van der Waals surface area contributed by atoms with Crippen molar-refractivity contribution in [3.63, 3.8) is 0 Å². The summed E-state index contributed by atoms with van der Waals surface area (Å²) in [6.07, 6.45) is -0.0127. The Kier molecular flexibility index (Phi) is 6.74. The lowest BCUT2D eigenvalue weighted by molar-refractivity contribution is -0.149. The van der Waals surface area contributed by atoms with Gasteiger partial charge in [-0.25, -0.2) is 0 Å². The van der Waals surface area contributed by atoms with E-state index >= 15 is 0 Å². The van der Waals surface area contributed by atoms with Crippen LogP contribution in [0.15, 0.2) is 40.9 Å². The summed E-state index contributed by atoms with van der Waals surface area (Å²) < 4.78 is 27.0. The number of allylic oxidation sites excluding steroid dienone is 1. The largest absolute Gasteiger partial charge is 0.493 e.